The molecule has 4 rings (SSSR count). The Bertz CT molecular complexity index is 796. The molecule has 1 fully saturated rings. The number of carbonyl (C=O) groups excluding carboxylic acids is 1. The molecule has 0 aliphatic carbocycles. The fraction of sp³-hybridized carbons (Fsp3) is 0.435. The molecule has 27 heavy (non-hydrogen) atoms. The molecule has 4 heteroatoms. The van der Waals surface area contributed by atoms with Crippen molar-refractivity contribution in [1.82, 2.24) is 9.80 Å². The summed E-state index contributed by atoms with van der Waals surface area (Å²) < 4.78 is 0. The molecule has 0 radical (unpaired) electrons. The minimum atomic E-state index is 0.139. The van der Waals surface area contributed by atoms with Crippen LogP contribution in [0.2, 0.25) is 0 Å². The minimum Gasteiger partial charge on any atom is -0.314 e. The molecule has 4 nitrogen and oxygen atoms in total. The van der Waals surface area contributed by atoms with E-state index in [1.165, 1.54) is 11.1 Å². The van der Waals surface area contributed by atoms with E-state index in [1.807, 2.05) is 37.4 Å². The number of likely N-dealkylation sites (tertiary alicyclic amines) is 1. The number of likely N-dealkylation sites (N-methyl/N-ethyl adjacent to an activating group) is 2. The van der Waals surface area contributed by atoms with Crippen LogP contribution in [0.15, 0.2) is 54.6 Å². The molecule has 0 unspecified atom stereocenters. The first-order valence-corrected chi connectivity index (χ1v) is 9.94. The number of fused-ring (bicyclic) bond motifs is 2. The SMILES string of the molecule is CN(C(=O)CN1CCC2(CC1)c1ccccc1CCN2C)c1ccccc1. The first-order chi connectivity index (χ1) is 13.1. The molecule has 0 bridgehead atoms. The normalized spacial score (nSPS) is 19.6. The van der Waals surface area contributed by atoms with E-state index in [-0.39, 0.29) is 11.4 Å². The number of rotatable bonds is 3. The fourth-order valence-electron chi connectivity index (χ4n) is 4.73. The first-order valence-electron chi connectivity index (χ1n) is 9.94. The summed E-state index contributed by atoms with van der Waals surface area (Å²) in [4.78, 5) is 19.4. The van der Waals surface area contributed by atoms with Gasteiger partial charge in [0.25, 0.3) is 0 Å². The lowest BCUT2D eigenvalue weighted by molar-refractivity contribution is -0.120. The highest BCUT2D eigenvalue weighted by atomic mass is 16.2. The van der Waals surface area contributed by atoms with Gasteiger partial charge in [-0.1, -0.05) is 42.5 Å². The van der Waals surface area contributed by atoms with Crippen LogP contribution in [0.25, 0.3) is 0 Å². The second-order valence-electron chi connectivity index (χ2n) is 7.92. The van der Waals surface area contributed by atoms with Gasteiger partial charge in [-0.05, 0) is 49.6 Å². The molecular formula is C23H29N3O. The zero-order chi connectivity index (χ0) is 18.9. The third-order valence-electron chi connectivity index (χ3n) is 6.53. The quantitative estimate of drug-likeness (QED) is 0.838. The monoisotopic (exact) mass is 363 g/mol. The number of piperidine rings is 1. The maximum Gasteiger partial charge on any atom is 0.240 e. The van der Waals surface area contributed by atoms with Crippen LogP contribution in [0.1, 0.15) is 24.0 Å². The fourth-order valence-corrected chi connectivity index (χ4v) is 4.73. The summed E-state index contributed by atoms with van der Waals surface area (Å²) in [6.07, 6.45) is 3.31. The largest absolute Gasteiger partial charge is 0.314 e. The highest BCUT2D eigenvalue weighted by Crippen LogP contribution is 2.42. The van der Waals surface area contributed by atoms with Gasteiger partial charge < -0.3 is 4.90 Å². The molecule has 2 aliphatic heterocycles. The second kappa shape index (κ2) is 7.45. The Morgan fingerprint density at radius 1 is 1.00 bits per heavy atom. The number of amides is 1. The number of para-hydroxylation sites is 1. The van der Waals surface area contributed by atoms with Crippen molar-refractivity contribution in [3.05, 3.63) is 65.7 Å². The molecule has 2 aromatic carbocycles. The topological polar surface area (TPSA) is 26.8 Å². The molecule has 0 aromatic heterocycles. The van der Waals surface area contributed by atoms with Gasteiger partial charge in [-0.3, -0.25) is 14.6 Å². The van der Waals surface area contributed by atoms with Crippen molar-refractivity contribution in [2.45, 2.75) is 24.8 Å². The lowest BCUT2D eigenvalue weighted by atomic mass is 9.74. The van der Waals surface area contributed by atoms with E-state index in [4.69, 9.17) is 0 Å². The molecule has 2 aromatic rings. The van der Waals surface area contributed by atoms with Crippen molar-refractivity contribution >= 4 is 11.6 Å². The lowest BCUT2D eigenvalue weighted by Gasteiger charge is -2.51. The van der Waals surface area contributed by atoms with Crippen molar-refractivity contribution < 1.29 is 4.79 Å². The third kappa shape index (κ3) is 3.40. The first kappa shape index (κ1) is 18.2. The molecule has 0 atom stereocenters. The lowest BCUT2D eigenvalue weighted by Crippen LogP contribution is -2.55. The number of carbonyl (C=O) groups is 1. The van der Waals surface area contributed by atoms with E-state index in [0.717, 1.165) is 44.6 Å². The molecule has 142 valence electrons. The average Bonchev–Trinajstić information content (AvgIpc) is 2.72. The summed E-state index contributed by atoms with van der Waals surface area (Å²) in [7, 11) is 4.13. The highest BCUT2D eigenvalue weighted by molar-refractivity contribution is 5.94. The Hall–Kier alpha value is -2.17. The minimum absolute atomic E-state index is 0.139. The van der Waals surface area contributed by atoms with Crippen LogP contribution in [-0.4, -0.2) is 56.0 Å². The van der Waals surface area contributed by atoms with Gasteiger partial charge in [0.05, 0.1) is 6.54 Å². The summed E-state index contributed by atoms with van der Waals surface area (Å²) in [6.45, 7) is 3.54. The van der Waals surface area contributed by atoms with Crippen LogP contribution < -0.4 is 4.90 Å². The van der Waals surface area contributed by atoms with Crippen molar-refractivity contribution in [1.29, 1.82) is 0 Å². The van der Waals surface area contributed by atoms with Crippen LogP contribution in [0.4, 0.5) is 5.69 Å². The van der Waals surface area contributed by atoms with Gasteiger partial charge in [-0.25, -0.2) is 0 Å². The zero-order valence-electron chi connectivity index (χ0n) is 16.4. The molecular weight excluding hydrogens is 334 g/mol. The molecule has 1 amide bonds. The van der Waals surface area contributed by atoms with Gasteiger partial charge in [0.2, 0.25) is 5.91 Å². The van der Waals surface area contributed by atoms with Gasteiger partial charge in [0, 0.05) is 37.9 Å². The van der Waals surface area contributed by atoms with Crippen LogP contribution in [0.3, 0.4) is 0 Å². The molecule has 2 heterocycles. The summed E-state index contributed by atoms with van der Waals surface area (Å²) in [5.41, 5.74) is 4.10. The Balaban J connectivity index is 1.43. The van der Waals surface area contributed by atoms with Crippen molar-refractivity contribution in [3.63, 3.8) is 0 Å². The van der Waals surface area contributed by atoms with E-state index in [2.05, 4.69) is 41.1 Å². The molecule has 1 saturated heterocycles. The maximum absolute atomic E-state index is 12.7. The third-order valence-corrected chi connectivity index (χ3v) is 6.53. The molecule has 2 aliphatic rings. The van der Waals surface area contributed by atoms with Crippen LogP contribution in [0, 0.1) is 0 Å². The van der Waals surface area contributed by atoms with Gasteiger partial charge in [-0.15, -0.1) is 0 Å². The second-order valence-corrected chi connectivity index (χ2v) is 7.92. The van der Waals surface area contributed by atoms with Gasteiger partial charge in [0.15, 0.2) is 0 Å². The maximum atomic E-state index is 12.7. The summed E-state index contributed by atoms with van der Waals surface area (Å²) in [6, 6.07) is 18.8. The van der Waals surface area contributed by atoms with Crippen LogP contribution >= 0.6 is 0 Å². The van der Waals surface area contributed by atoms with Gasteiger partial charge >= 0.3 is 0 Å². The number of nitrogens with zero attached hydrogens (tertiary/aromatic N) is 3. The van der Waals surface area contributed by atoms with E-state index in [9.17, 15) is 4.79 Å². The van der Waals surface area contributed by atoms with Crippen molar-refractivity contribution in [2.75, 3.05) is 45.2 Å². The molecule has 1 spiro atoms. The standard InChI is InChI=1S/C23H29N3O/c1-24-15-12-19-8-6-7-11-21(19)23(24)13-16-26(17-14-23)18-22(27)25(2)20-9-4-3-5-10-20/h3-11H,12-18H2,1-2H3. The van der Waals surface area contributed by atoms with E-state index >= 15 is 0 Å². The Morgan fingerprint density at radius 2 is 1.67 bits per heavy atom. The molecule has 0 N–H and O–H groups in total. The highest BCUT2D eigenvalue weighted by Gasteiger charge is 2.43. The summed E-state index contributed by atoms with van der Waals surface area (Å²) in [5.74, 6) is 0.162. The van der Waals surface area contributed by atoms with Crippen LogP contribution in [-0.2, 0) is 16.8 Å². The van der Waals surface area contributed by atoms with E-state index in [1.54, 1.807) is 4.90 Å². The van der Waals surface area contributed by atoms with Gasteiger partial charge in [-0.2, -0.15) is 0 Å². The predicted molar refractivity (Wildman–Crippen MR) is 110 cm³/mol. The van der Waals surface area contributed by atoms with Crippen LogP contribution in [0.5, 0.6) is 0 Å². The number of anilines is 1. The number of benzene rings is 2. The summed E-state index contributed by atoms with van der Waals surface area (Å²) in [5, 5.41) is 0. The predicted octanol–water partition coefficient (Wildman–Crippen LogP) is 3.13. The van der Waals surface area contributed by atoms with Crippen molar-refractivity contribution in [2.24, 2.45) is 0 Å². The smallest absolute Gasteiger partial charge is 0.240 e. The Kier molecular flexibility index (Phi) is 5.02. The van der Waals surface area contributed by atoms with Crippen molar-refractivity contribution in [3.8, 4) is 0 Å². The Morgan fingerprint density at radius 3 is 2.41 bits per heavy atom. The van der Waals surface area contributed by atoms with Gasteiger partial charge in [0.1, 0.15) is 0 Å². The number of hydrogen-bond acceptors (Lipinski definition) is 3. The Labute approximate surface area is 162 Å². The van der Waals surface area contributed by atoms with E-state index in [0.29, 0.717) is 6.54 Å². The average molecular weight is 364 g/mol. The molecule has 0 saturated carbocycles. The summed E-state index contributed by atoms with van der Waals surface area (Å²) >= 11 is 0. The number of hydrogen-bond donors (Lipinski definition) is 0. The zero-order valence-corrected chi connectivity index (χ0v) is 16.4. The van der Waals surface area contributed by atoms with E-state index < -0.39 is 0 Å².